The molecule has 2 aliphatic rings. The summed E-state index contributed by atoms with van der Waals surface area (Å²) in [6.45, 7) is 2.28. The van der Waals surface area contributed by atoms with Crippen molar-refractivity contribution in [2.45, 2.75) is 37.5 Å². The van der Waals surface area contributed by atoms with Crippen LogP contribution >= 0.6 is 0 Å². The number of carbonyl (C=O) groups excluding carboxylic acids is 1. The highest BCUT2D eigenvalue weighted by atomic mass is 16.7. The third-order valence-electron chi connectivity index (χ3n) is 6.57. The molecule has 5 rings (SSSR count). The molecule has 32 heavy (non-hydrogen) atoms. The van der Waals surface area contributed by atoms with Crippen LogP contribution in [0.2, 0.25) is 0 Å². The maximum Gasteiger partial charge on any atom is 0.322 e. The average Bonchev–Trinajstić information content (AvgIpc) is 3.28. The van der Waals surface area contributed by atoms with Crippen LogP contribution < -0.4 is 18.9 Å². The maximum absolute atomic E-state index is 13.8. The summed E-state index contributed by atoms with van der Waals surface area (Å²) in [5.41, 5.74) is 2.29. The summed E-state index contributed by atoms with van der Waals surface area (Å²) in [6.07, 6.45) is 2.22. The third-order valence-corrected chi connectivity index (χ3v) is 6.57. The molecule has 2 heterocycles. The maximum atomic E-state index is 13.8. The second-order valence-corrected chi connectivity index (χ2v) is 8.32. The normalized spacial score (nSPS) is 21.1. The van der Waals surface area contributed by atoms with E-state index in [1.54, 1.807) is 13.2 Å². The Hall–Kier alpha value is -3.47. The molecule has 164 valence electrons. The molecule has 0 aromatic heterocycles. The number of rotatable bonds is 6. The molecule has 0 unspecified atom stereocenters. The Morgan fingerprint density at radius 1 is 0.969 bits per heavy atom. The van der Waals surface area contributed by atoms with Crippen LogP contribution in [0.5, 0.6) is 23.0 Å². The lowest BCUT2D eigenvalue weighted by Gasteiger charge is -2.43. The summed E-state index contributed by atoms with van der Waals surface area (Å²) >= 11 is 0. The average molecular weight is 431 g/mol. The summed E-state index contributed by atoms with van der Waals surface area (Å²) < 4.78 is 22.5. The second kappa shape index (κ2) is 8.23. The van der Waals surface area contributed by atoms with Gasteiger partial charge in [-0.1, -0.05) is 55.8 Å². The first-order valence-electron chi connectivity index (χ1n) is 11.0. The van der Waals surface area contributed by atoms with Gasteiger partial charge < -0.3 is 18.9 Å². The van der Waals surface area contributed by atoms with E-state index in [4.69, 9.17) is 18.9 Å². The van der Waals surface area contributed by atoms with Crippen molar-refractivity contribution in [2.75, 3.05) is 13.9 Å². The first-order chi connectivity index (χ1) is 15.7. The van der Waals surface area contributed by atoms with Gasteiger partial charge in [-0.05, 0) is 42.2 Å². The van der Waals surface area contributed by atoms with Gasteiger partial charge in [-0.3, -0.25) is 4.79 Å². The predicted octanol–water partition coefficient (Wildman–Crippen LogP) is 5.41. The lowest BCUT2D eigenvalue weighted by molar-refractivity contribution is -0.144. The van der Waals surface area contributed by atoms with Crippen LogP contribution in [0.1, 0.15) is 42.4 Å². The Bertz CT molecular complexity index is 1120. The SMILES string of the molecule is CCC[C@]1(c2ccccc2)C(=O)Oc2cc3c(cc2[C@@H]1Cc1ccc(OC)cc1)OCO3. The number of hydrogen-bond acceptors (Lipinski definition) is 5. The van der Waals surface area contributed by atoms with E-state index in [0.29, 0.717) is 30.1 Å². The Kier molecular flexibility index (Phi) is 5.25. The van der Waals surface area contributed by atoms with E-state index in [2.05, 4.69) is 19.1 Å². The van der Waals surface area contributed by atoms with Gasteiger partial charge in [-0.25, -0.2) is 0 Å². The number of esters is 1. The van der Waals surface area contributed by atoms with E-state index >= 15 is 0 Å². The van der Waals surface area contributed by atoms with E-state index in [-0.39, 0.29) is 18.7 Å². The van der Waals surface area contributed by atoms with E-state index in [1.165, 1.54) is 0 Å². The summed E-state index contributed by atoms with van der Waals surface area (Å²) in [4.78, 5) is 13.8. The summed E-state index contributed by atoms with van der Waals surface area (Å²) in [7, 11) is 1.66. The van der Waals surface area contributed by atoms with E-state index in [1.807, 2.05) is 48.5 Å². The van der Waals surface area contributed by atoms with Gasteiger partial charge in [0.1, 0.15) is 16.9 Å². The standard InChI is InChI=1S/C27H26O5/c1-3-13-27(19-7-5-4-6-8-19)22(14-18-9-11-20(29-2)12-10-18)21-15-24-25(31-17-30-24)16-23(21)32-26(27)28/h4-12,15-16,22H,3,13-14,17H2,1-2H3/t22-,27+/m0/s1. The van der Waals surface area contributed by atoms with Crippen LogP contribution in [0.4, 0.5) is 0 Å². The van der Waals surface area contributed by atoms with Gasteiger partial charge >= 0.3 is 5.97 Å². The number of benzene rings is 3. The predicted molar refractivity (Wildman–Crippen MR) is 121 cm³/mol. The van der Waals surface area contributed by atoms with Crippen LogP contribution in [0.25, 0.3) is 0 Å². The Labute approximate surface area is 187 Å². The Morgan fingerprint density at radius 2 is 1.69 bits per heavy atom. The van der Waals surface area contributed by atoms with Crippen LogP contribution in [0.3, 0.4) is 0 Å². The molecule has 0 N–H and O–H groups in total. The minimum atomic E-state index is -0.795. The zero-order chi connectivity index (χ0) is 22.1. The largest absolute Gasteiger partial charge is 0.497 e. The smallest absolute Gasteiger partial charge is 0.322 e. The van der Waals surface area contributed by atoms with Gasteiger partial charge in [-0.15, -0.1) is 0 Å². The summed E-state index contributed by atoms with van der Waals surface area (Å²) in [5, 5.41) is 0. The lowest BCUT2D eigenvalue weighted by Crippen LogP contribution is -2.48. The van der Waals surface area contributed by atoms with Crippen molar-refractivity contribution in [3.05, 3.63) is 83.4 Å². The molecule has 0 bridgehead atoms. The monoisotopic (exact) mass is 430 g/mol. The van der Waals surface area contributed by atoms with Gasteiger partial charge in [0.05, 0.1) is 7.11 Å². The van der Waals surface area contributed by atoms with Gasteiger partial charge in [0.15, 0.2) is 11.5 Å². The van der Waals surface area contributed by atoms with E-state index < -0.39 is 5.41 Å². The van der Waals surface area contributed by atoms with Gasteiger partial charge in [-0.2, -0.15) is 0 Å². The van der Waals surface area contributed by atoms with Crippen LogP contribution in [-0.4, -0.2) is 19.9 Å². The fourth-order valence-corrected chi connectivity index (χ4v) is 5.05. The Balaban J connectivity index is 1.69. The molecule has 2 atom stereocenters. The van der Waals surface area contributed by atoms with Crippen LogP contribution in [0.15, 0.2) is 66.7 Å². The molecule has 0 amide bonds. The molecule has 0 aliphatic carbocycles. The fraction of sp³-hybridized carbons (Fsp3) is 0.296. The quantitative estimate of drug-likeness (QED) is 0.387. The number of fused-ring (bicyclic) bond motifs is 2. The second-order valence-electron chi connectivity index (χ2n) is 8.32. The van der Waals surface area contributed by atoms with E-state index in [0.717, 1.165) is 28.9 Å². The molecule has 5 heteroatoms. The third kappa shape index (κ3) is 3.29. The minimum Gasteiger partial charge on any atom is -0.497 e. The van der Waals surface area contributed by atoms with Gasteiger partial charge in [0.25, 0.3) is 0 Å². The molecule has 0 saturated carbocycles. The Morgan fingerprint density at radius 3 is 2.38 bits per heavy atom. The molecule has 2 aliphatic heterocycles. The van der Waals surface area contributed by atoms with Crippen molar-refractivity contribution >= 4 is 5.97 Å². The van der Waals surface area contributed by atoms with Crippen molar-refractivity contribution in [3.63, 3.8) is 0 Å². The van der Waals surface area contributed by atoms with Crippen LogP contribution in [0, 0.1) is 0 Å². The summed E-state index contributed by atoms with van der Waals surface area (Å²) in [6, 6.07) is 21.8. The van der Waals surface area contributed by atoms with Crippen molar-refractivity contribution < 1.29 is 23.7 Å². The molecular formula is C27H26O5. The van der Waals surface area contributed by atoms with Gasteiger partial charge in [0, 0.05) is 17.5 Å². The highest BCUT2D eigenvalue weighted by Gasteiger charge is 2.52. The molecule has 0 saturated heterocycles. The molecule has 5 nitrogen and oxygen atoms in total. The minimum absolute atomic E-state index is 0.121. The zero-order valence-corrected chi connectivity index (χ0v) is 18.3. The van der Waals surface area contributed by atoms with Crippen molar-refractivity contribution in [1.29, 1.82) is 0 Å². The zero-order valence-electron chi connectivity index (χ0n) is 18.3. The number of ether oxygens (including phenoxy) is 4. The number of methoxy groups -OCH3 is 1. The molecule has 3 aromatic carbocycles. The first-order valence-corrected chi connectivity index (χ1v) is 11.0. The molecule has 0 radical (unpaired) electrons. The first kappa shape index (κ1) is 20.4. The number of hydrogen-bond donors (Lipinski definition) is 0. The van der Waals surface area contributed by atoms with E-state index in [9.17, 15) is 4.79 Å². The van der Waals surface area contributed by atoms with Crippen molar-refractivity contribution in [2.24, 2.45) is 0 Å². The van der Waals surface area contributed by atoms with Crippen molar-refractivity contribution in [3.8, 4) is 23.0 Å². The molecule has 0 fully saturated rings. The summed E-state index contributed by atoms with van der Waals surface area (Å²) in [5.74, 6) is 2.34. The highest BCUT2D eigenvalue weighted by Crippen LogP contribution is 2.54. The molecule has 3 aromatic rings. The highest BCUT2D eigenvalue weighted by molar-refractivity contribution is 5.89. The van der Waals surface area contributed by atoms with Crippen LogP contribution in [-0.2, 0) is 16.6 Å². The number of carbonyl (C=O) groups is 1. The van der Waals surface area contributed by atoms with Crippen molar-refractivity contribution in [1.82, 2.24) is 0 Å². The fourth-order valence-electron chi connectivity index (χ4n) is 5.05. The molecule has 0 spiro atoms. The van der Waals surface area contributed by atoms with Gasteiger partial charge in [0.2, 0.25) is 6.79 Å². The molecular weight excluding hydrogens is 404 g/mol. The topological polar surface area (TPSA) is 54.0 Å². The lowest BCUT2D eigenvalue weighted by atomic mass is 9.62.